The summed E-state index contributed by atoms with van der Waals surface area (Å²) in [5, 5.41) is 14.7. The molecular weight excluding hydrogens is 166 g/mol. The van der Waals surface area contributed by atoms with Gasteiger partial charge in [-0.15, -0.1) is 0 Å². The first-order chi connectivity index (χ1) is 5.54. The molecule has 0 aliphatic carbocycles. The van der Waals surface area contributed by atoms with Crippen LogP contribution in [0.5, 0.6) is 0 Å². The Kier molecular flexibility index (Phi) is 8.85. The third kappa shape index (κ3) is 8.82. The number of amides is 1. The van der Waals surface area contributed by atoms with Crippen LogP contribution >= 0.6 is 0 Å². The van der Waals surface area contributed by atoms with Crippen molar-refractivity contribution in [2.45, 2.75) is 18.9 Å². The van der Waals surface area contributed by atoms with Gasteiger partial charge in [-0.05, 0) is 6.42 Å². The molecule has 0 radical (unpaired) electrons. The minimum absolute atomic E-state index is 0.0213. The van der Waals surface area contributed by atoms with Crippen LogP contribution in [0.3, 0.4) is 0 Å². The molecule has 0 heterocycles. The number of carboxylic acid groups (broad SMARTS) is 1. The van der Waals surface area contributed by atoms with Gasteiger partial charge in [0.05, 0.1) is 0 Å². The number of hydrogen-bond acceptors (Lipinski definition) is 5. The van der Waals surface area contributed by atoms with E-state index in [-0.39, 0.29) is 12.8 Å². The van der Waals surface area contributed by atoms with Crippen LogP contribution in [0.25, 0.3) is 0 Å². The molecule has 1 unspecified atom stereocenters. The van der Waals surface area contributed by atoms with Gasteiger partial charge >= 0.3 is 5.97 Å². The summed E-state index contributed by atoms with van der Waals surface area (Å²) in [6.07, 6.45) is 0.123. The Morgan fingerprint density at radius 1 is 1.33 bits per heavy atom. The second-order valence-electron chi connectivity index (χ2n) is 1.95. The highest BCUT2D eigenvalue weighted by Gasteiger charge is 2.11. The van der Waals surface area contributed by atoms with Gasteiger partial charge in [0.2, 0.25) is 5.91 Å². The molecule has 0 aromatic heterocycles. The molecule has 0 saturated carbocycles. The maximum absolute atomic E-state index is 10.1. The predicted octanol–water partition coefficient (Wildman–Crippen LogP) is -2.00. The van der Waals surface area contributed by atoms with Gasteiger partial charge in [0.25, 0.3) is 0 Å². The van der Waals surface area contributed by atoms with E-state index in [1.165, 1.54) is 0 Å². The van der Waals surface area contributed by atoms with Crippen LogP contribution in [-0.2, 0) is 9.59 Å². The molecule has 7 heteroatoms. The first-order valence-electron chi connectivity index (χ1n) is 3.06. The number of primary amides is 1. The van der Waals surface area contributed by atoms with E-state index in [0.717, 1.165) is 0 Å². The number of aliphatic carboxylic acids is 1. The van der Waals surface area contributed by atoms with Gasteiger partial charge in [-0.25, -0.2) is 5.90 Å². The molecule has 0 saturated heterocycles. The first-order valence-corrected chi connectivity index (χ1v) is 3.06. The molecule has 0 fully saturated rings. The average molecular weight is 179 g/mol. The zero-order chi connectivity index (χ0) is 10.1. The summed E-state index contributed by atoms with van der Waals surface area (Å²) in [6, 6.07) is -0.979. The normalized spacial score (nSPS) is 10.9. The van der Waals surface area contributed by atoms with Gasteiger partial charge in [-0.2, -0.15) is 0 Å². The molecule has 0 aliphatic heterocycles. The number of nitrogens with two attached hydrogens (primary N) is 3. The molecule has 8 N–H and O–H groups in total. The Balaban J connectivity index is 0. The lowest BCUT2D eigenvalue weighted by atomic mass is 10.2. The van der Waals surface area contributed by atoms with Crippen molar-refractivity contribution in [1.29, 1.82) is 0 Å². The summed E-state index contributed by atoms with van der Waals surface area (Å²) >= 11 is 0. The molecule has 0 aliphatic rings. The molecule has 7 nitrogen and oxygen atoms in total. The highest BCUT2D eigenvalue weighted by Crippen LogP contribution is 1.92. The Labute approximate surface area is 69.1 Å². The van der Waals surface area contributed by atoms with Gasteiger partial charge in [-0.3, -0.25) is 9.59 Å². The topological polar surface area (TPSA) is 153 Å². The fourth-order valence-electron chi connectivity index (χ4n) is 0.421. The van der Waals surface area contributed by atoms with E-state index in [4.69, 9.17) is 21.8 Å². The maximum atomic E-state index is 10.1. The van der Waals surface area contributed by atoms with Crippen LogP contribution in [0.15, 0.2) is 0 Å². The summed E-state index contributed by atoms with van der Waals surface area (Å²) < 4.78 is 0. The number of carbonyl (C=O) groups excluding carboxylic acids is 1. The van der Waals surface area contributed by atoms with Crippen molar-refractivity contribution in [2.75, 3.05) is 0 Å². The number of carbonyl (C=O) groups is 2. The van der Waals surface area contributed by atoms with Crippen LogP contribution in [0, 0.1) is 0 Å². The van der Waals surface area contributed by atoms with Gasteiger partial charge in [0, 0.05) is 6.42 Å². The van der Waals surface area contributed by atoms with Gasteiger partial charge in [0.1, 0.15) is 6.04 Å². The van der Waals surface area contributed by atoms with E-state index >= 15 is 0 Å². The van der Waals surface area contributed by atoms with Gasteiger partial charge < -0.3 is 21.8 Å². The molecule has 0 aromatic rings. The Morgan fingerprint density at radius 3 is 2.00 bits per heavy atom. The third-order valence-electron chi connectivity index (χ3n) is 1.02. The maximum Gasteiger partial charge on any atom is 0.320 e. The number of rotatable bonds is 4. The molecule has 72 valence electrons. The van der Waals surface area contributed by atoms with Crippen molar-refractivity contribution in [1.82, 2.24) is 0 Å². The Morgan fingerprint density at radius 2 is 1.75 bits per heavy atom. The second-order valence-corrected chi connectivity index (χ2v) is 1.95. The molecule has 0 bridgehead atoms. The molecule has 0 aromatic carbocycles. The van der Waals surface area contributed by atoms with Gasteiger partial charge in [0.15, 0.2) is 0 Å². The molecule has 0 rings (SSSR count). The minimum Gasteiger partial charge on any atom is -0.480 e. The fourth-order valence-corrected chi connectivity index (χ4v) is 0.421. The standard InChI is InChI=1S/C5H10N2O3.H3NO/c6-3(5(9)10)1-2-4(7)8;1-2/h3H,1-2,6H2,(H2,7,8)(H,9,10);2H,1H2. The van der Waals surface area contributed by atoms with Crippen LogP contribution in [-0.4, -0.2) is 28.2 Å². The predicted molar refractivity (Wildman–Crippen MR) is 40.0 cm³/mol. The highest BCUT2D eigenvalue weighted by molar-refractivity contribution is 5.76. The lowest BCUT2D eigenvalue weighted by Gasteiger charge is -2.01. The summed E-state index contributed by atoms with van der Waals surface area (Å²) in [5.41, 5.74) is 9.81. The van der Waals surface area contributed by atoms with Crippen LogP contribution in [0.2, 0.25) is 0 Å². The zero-order valence-electron chi connectivity index (χ0n) is 6.43. The SMILES string of the molecule is NC(=O)CCC(N)C(=O)O.NO. The average Bonchev–Trinajstić information content (AvgIpc) is 2.03. The number of hydrogen-bond donors (Lipinski definition) is 5. The Hall–Kier alpha value is -1.18. The van der Waals surface area contributed by atoms with Crippen molar-refractivity contribution in [3.63, 3.8) is 0 Å². The summed E-state index contributed by atoms with van der Waals surface area (Å²) in [6.45, 7) is 0. The third-order valence-corrected chi connectivity index (χ3v) is 1.02. The quantitative estimate of drug-likeness (QED) is 0.314. The fraction of sp³-hybridized carbons (Fsp3) is 0.600. The van der Waals surface area contributed by atoms with E-state index in [9.17, 15) is 9.59 Å². The van der Waals surface area contributed by atoms with E-state index in [2.05, 4.69) is 5.90 Å². The van der Waals surface area contributed by atoms with Crippen molar-refractivity contribution in [2.24, 2.45) is 17.4 Å². The van der Waals surface area contributed by atoms with E-state index in [1.54, 1.807) is 0 Å². The highest BCUT2D eigenvalue weighted by atomic mass is 16.4. The zero-order valence-corrected chi connectivity index (χ0v) is 6.43. The summed E-state index contributed by atoms with van der Waals surface area (Å²) in [5.74, 6) is 1.86. The van der Waals surface area contributed by atoms with Gasteiger partial charge in [-0.1, -0.05) is 0 Å². The molecule has 0 spiro atoms. The molecule has 1 amide bonds. The molecular formula is C5H13N3O4. The number of carboxylic acids is 1. The van der Waals surface area contributed by atoms with Crippen molar-refractivity contribution in [3.05, 3.63) is 0 Å². The minimum atomic E-state index is -1.11. The van der Waals surface area contributed by atoms with E-state index in [0.29, 0.717) is 0 Å². The lowest BCUT2D eigenvalue weighted by molar-refractivity contribution is -0.138. The molecule has 1 atom stereocenters. The van der Waals surface area contributed by atoms with E-state index < -0.39 is 17.9 Å². The smallest absolute Gasteiger partial charge is 0.320 e. The van der Waals surface area contributed by atoms with Crippen LogP contribution in [0.1, 0.15) is 12.8 Å². The first kappa shape index (κ1) is 13.4. The van der Waals surface area contributed by atoms with E-state index in [1.807, 2.05) is 0 Å². The van der Waals surface area contributed by atoms with Crippen LogP contribution in [0.4, 0.5) is 0 Å². The largest absolute Gasteiger partial charge is 0.480 e. The summed E-state index contributed by atoms with van der Waals surface area (Å²) in [4.78, 5) is 20.1. The Bertz CT molecular complexity index is 150. The van der Waals surface area contributed by atoms with Crippen molar-refractivity contribution < 1.29 is 19.9 Å². The van der Waals surface area contributed by atoms with Crippen LogP contribution < -0.4 is 17.4 Å². The molecule has 12 heavy (non-hydrogen) atoms. The summed E-state index contributed by atoms with van der Waals surface area (Å²) in [7, 11) is 0. The second kappa shape index (κ2) is 7.92. The lowest BCUT2D eigenvalue weighted by Crippen LogP contribution is -2.31. The van der Waals surface area contributed by atoms with Crippen molar-refractivity contribution >= 4 is 11.9 Å². The van der Waals surface area contributed by atoms with Crippen molar-refractivity contribution in [3.8, 4) is 0 Å². The monoisotopic (exact) mass is 179 g/mol.